The molecule has 0 radical (unpaired) electrons. The van der Waals surface area contributed by atoms with Crippen molar-refractivity contribution in [3.05, 3.63) is 77.6 Å². The van der Waals surface area contributed by atoms with Crippen molar-refractivity contribution in [3.8, 4) is 11.3 Å². The monoisotopic (exact) mass is 305 g/mol. The van der Waals surface area contributed by atoms with Gasteiger partial charge in [-0.05, 0) is 42.8 Å². The molecule has 1 heterocycles. The Morgan fingerprint density at radius 2 is 1.87 bits per heavy atom. The smallest absolute Gasteiger partial charge is 0.255 e. The quantitative estimate of drug-likeness (QED) is 0.730. The van der Waals surface area contributed by atoms with Crippen LogP contribution in [0.5, 0.6) is 0 Å². The van der Waals surface area contributed by atoms with Gasteiger partial charge in [-0.2, -0.15) is 0 Å². The number of benzene rings is 2. The highest BCUT2D eigenvalue weighted by molar-refractivity contribution is 6.05. The zero-order chi connectivity index (χ0) is 16.2. The second-order valence-corrected chi connectivity index (χ2v) is 5.17. The Labute approximate surface area is 133 Å². The molecule has 3 rings (SSSR count). The number of carbonyl (C=O) groups excluding carboxylic acids is 2. The summed E-state index contributed by atoms with van der Waals surface area (Å²) in [6.45, 7) is 1.94. The molecule has 0 saturated carbocycles. The molecule has 0 atom stereocenters. The Hall–Kier alpha value is -3.14. The standard InChI is InChI=1S/C19H15NO3/c1-13-5-2-3-8-17(13)20-19(22)15-7-4-6-14(11-15)18-10-9-16(12-21)23-18/h2-12H,1H3,(H,20,22). The Kier molecular flexibility index (Phi) is 4.06. The van der Waals surface area contributed by atoms with E-state index in [4.69, 9.17) is 4.42 Å². The predicted octanol–water partition coefficient (Wildman–Crippen LogP) is 4.32. The summed E-state index contributed by atoms with van der Waals surface area (Å²) < 4.78 is 5.39. The number of hydrogen-bond acceptors (Lipinski definition) is 3. The van der Waals surface area contributed by atoms with Crippen molar-refractivity contribution < 1.29 is 14.0 Å². The molecular formula is C19H15NO3. The molecule has 4 nitrogen and oxygen atoms in total. The minimum atomic E-state index is -0.191. The van der Waals surface area contributed by atoms with Crippen LogP contribution in [0.3, 0.4) is 0 Å². The predicted molar refractivity (Wildman–Crippen MR) is 88.7 cm³/mol. The third-order valence-electron chi connectivity index (χ3n) is 3.55. The molecule has 23 heavy (non-hydrogen) atoms. The van der Waals surface area contributed by atoms with E-state index in [-0.39, 0.29) is 11.7 Å². The minimum Gasteiger partial charge on any atom is -0.453 e. The number of hydrogen-bond donors (Lipinski definition) is 1. The van der Waals surface area contributed by atoms with Crippen LogP contribution in [0.4, 0.5) is 5.69 Å². The maximum atomic E-state index is 12.4. The van der Waals surface area contributed by atoms with Crippen LogP contribution in [0, 0.1) is 6.92 Å². The number of aryl methyl sites for hydroxylation is 1. The number of anilines is 1. The fourth-order valence-corrected chi connectivity index (χ4v) is 2.29. The van der Waals surface area contributed by atoms with Gasteiger partial charge in [-0.25, -0.2) is 0 Å². The average molecular weight is 305 g/mol. The highest BCUT2D eigenvalue weighted by Crippen LogP contribution is 2.23. The van der Waals surface area contributed by atoms with E-state index in [1.54, 1.807) is 30.3 Å². The van der Waals surface area contributed by atoms with E-state index < -0.39 is 0 Å². The zero-order valence-corrected chi connectivity index (χ0v) is 12.6. The van der Waals surface area contributed by atoms with E-state index in [0.717, 1.165) is 16.8 Å². The molecule has 0 aliphatic carbocycles. The lowest BCUT2D eigenvalue weighted by Gasteiger charge is -2.08. The van der Waals surface area contributed by atoms with Crippen LogP contribution < -0.4 is 5.32 Å². The van der Waals surface area contributed by atoms with Crippen molar-refractivity contribution >= 4 is 17.9 Å². The SMILES string of the molecule is Cc1ccccc1NC(=O)c1cccc(-c2ccc(C=O)o2)c1. The van der Waals surface area contributed by atoms with Gasteiger partial charge in [0.1, 0.15) is 5.76 Å². The largest absolute Gasteiger partial charge is 0.453 e. The van der Waals surface area contributed by atoms with Gasteiger partial charge in [0, 0.05) is 16.8 Å². The van der Waals surface area contributed by atoms with Crippen LogP contribution in [0.2, 0.25) is 0 Å². The van der Waals surface area contributed by atoms with Crippen LogP contribution in [0.1, 0.15) is 26.5 Å². The Morgan fingerprint density at radius 1 is 1.04 bits per heavy atom. The first kappa shape index (κ1) is 14.8. The molecule has 0 aliphatic heterocycles. The summed E-state index contributed by atoms with van der Waals surface area (Å²) >= 11 is 0. The van der Waals surface area contributed by atoms with Crippen LogP contribution >= 0.6 is 0 Å². The summed E-state index contributed by atoms with van der Waals surface area (Å²) in [5.74, 6) is 0.621. The number of carbonyl (C=O) groups is 2. The molecule has 0 saturated heterocycles. The normalized spacial score (nSPS) is 10.3. The number of furan rings is 1. The van der Waals surface area contributed by atoms with Crippen molar-refractivity contribution in [2.24, 2.45) is 0 Å². The zero-order valence-electron chi connectivity index (χ0n) is 12.6. The third-order valence-corrected chi connectivity index (χ3v) is 3.55. The fraction of sp³-hybridized carbons (Fsp3) is 0.0526. The van der Waals surface area contributed by atoms with E-state index in [9.17, 15) is 9.59 Å². The number of aldehydes is 1. The Balaban J connectivity index is 1.86. The molecule has 0 spiro atoms. The van der Waals surface area contributed by atoms with Gasteiger partial charge >= 0.3 is 0 Å². The molecule has 114 valence electrons. The molecule has 0 fully saturated rings. The first-order chi connectivity index (χ1) is 11.2. The second-order valence-electron chi connectivity index (χ2n) is 5.17. The minimum absolute atomic E-state index is 0.191. The topological polar surface area (TPSA) is 59.3 Å². The molecule has 1 amide bonds. The lowest BCUT2D eigenvalue weighted by Crippen LogP contribution is -2.12. The summed E-state index contributed by atoms with van der Waals surface area (Å²) in [5.41, 5.74) is 3.05. The fourth-order valence-electron chi connectivity index (χ4n) is 2.29. The summed E-state index contributed by atoms with van der Waals surface area (Å²) in [6.07, 6.45) is 0.651. The van der Waals surface area contributed by atoms with Gasteiger partial charge < -0.3 is 9.73 Å². The maximum absolute atomic E-state index is 12.4. The maximum Gasteiger partial charge on any atom is 0.255 e. The van der Waals surface area contributed by atoms with Gasteiger partial charge in [0.25, 0.3) is 5.91 Å². The Morgan fingerprint density at radius 3 is 2.61 bits per heavy atom. The molecule has 0 unspecified atom stereocenters. The molecule has 2 aromatic carbocycles. The number of rotatable bonds is 4. The van der Waals surface area contributed by atoms with E-state index >= 15 is 0 Å². The summed E-state index contributed by atoms with van der Waals surface area (Å²) in [5, 5.41) is 2.90. The summed E-state index contributed by atoms with van der Waals surface area (Å²) in [4.78, 5) is 23.1. The molecule has 1 aromatic heterocycles. The van der Waals surface area contributed by atoms with E-state index in [1.807, 2.05) is 37.3 Å². The first-order valence-electron chi connectivity index (χ1n) is 7.20. The number of para-hydroxylation sites is 1. The molecule has 3 aromatic rings. The van der Waals surface area contributed by atoms with Gasteiger partial charge in [0.2, 0.25) is 0 Å². The van der Waals surface area contributed by atoms with E-state index in [1.165, 1.54) is 0 Å². The highest BCUT2D eigenvalue weighted by atomic mass is 16.3. The summed E-state index contributed by atoms with van der Waals surface area (Å²) in [7, 11) is 0. The van der Waals surface area contributed by atoms with Gasteiger partial charge in [-0.15, -0.1) is 0 Å². The lowest BCUT2D eigenvalue weighted by molar-refractivity contribution is 0.102. The van der Waals surface area contributed by atoms with Gasteiger partial charge in [-0.1, -0.05) is 30.3 Å². The van der Waals surface area contributed by atoms with E-state index in [0.29, 0.717) is 17.6 Å². The molecule has 0 aliphatic rings. The number of amides is 1. The second kappa shape index (κ2) is 6.32. The third kappa shape index (κ3) is 3.21. The van der Waals surface area contributed by atoms with Crippen LogP contribution in [0.25, 0.3) is 11.3 Å². The molecular weight excluding hydrogens is 290 g/mol. The first-order valence-corrected chi connectivity index (χ1v) is 7.20. The van der Waals surface area contributed by atoms with Crippen LogP contribution in [-0.2, 0) is 0 Å². The van der Waals surface area contributed by atoms with Crippen molar-refractivity contribution in [2.75, 3.05) is 5.32 Å². The Bertz CT molecular complexity index is 864. The van der Waals surface area contributed by atoms with Crippen LogP contribution in [0.15, 0.2) is 65.1 Å². The lowest BCUT2D eigenvalue weighted by atomic mass is 10.1. The van der Waals surface area contributed by atoms with Crippen molar-refractivity contribution in [1.29, 1.82) is 0 Å². The van der Waals surface area contributed by atoms with Gasteiger partial charge in [-0.3, -0.25) is 9.59 Å². The highest BCUT2D eigenvalue weighted by Gasteiger charge is 2.10. The van der Waals surface area contributed by atoms with Crippen LogP contribution in [-0.4, -0.2) is 12.2 Å². The van der Waals surface area contributed by atoms with Crippen molar-refractivity contribution in [3.63, 3.8) is 0 Å². The number of nitrogens with one attached hydrogen (secondary N) is 1. The van der Waals surface area contributed by atoms with Crippen molar-refractivity contribution in [2.45, 2.75) is 6.92 Å². The molecule has 4 heteroatoms. The van der Waals surface area contributed by atoms with Gasteiger partial charge in [0.15, 0.2) is 12.0 Å². The van der Waals surface area contributed by atoms with Crippen molar-refractivity contribution in [1.82, 2.24) is 0 Å². The molecule has 1 N–H and O–H groups in total. The average Bonchev–Trinajstić information content (AvgIpc) is 3.06. The van der Waals surface area contributed by atoms with Gasteiger partial charge in [0.05, 0.1) is 0 Å². The molecule has 0 bridgehead atoms. The van der Waals surface area contributed by atoms with E-state index in [2.05, 4.69) is 5.32 Å². The summed E-state index contributed by atoms with van der Waals surface area (Å²) in [6, 6.07) is 18.0.